The molecule has 0 aromatic heterocycles. The predicted molar refractivity (Wildman–Crippen MR) is 52.5 cm³/mol. The van der Waals surface area contributed by atoms with E-state index in [-0.39, 0.29) is 0 Å². The highest BCUT2D eigenvalue weighted by Gasteiger charge is 2.39. The molecule has 2 fully saturated rings. The second kappa shape index (κ2) is 3.95. The number of hydrogen-bond acceptors (Lipinski definition) is 3. The fourth-order valence-electron chi connectivity index (χ4n) is 2.76. The van der Waals surface area contributed by atoms with Crippen LogP contribution in [0.1, 0.15) is 12.8 Å². The molecule has 76 valence electrons. The van der Waals surface area contributed by atoms with Crippen LogP contribution in [-0.2, 0) is 4.74 Å². The van der Waals surface area contributed by atoms with Crippen LogP contribution in [0, 0.1) is 11.8 Å². The van der Waals surface area contributed by atoms with Crippen molar-refractivity contribution in [2.75, 3.05) is 33.4 Å². The normalized spacial score (nSPS) is 39.7. The van der Waals surface area contributed by atoms with Gasteiger partial charge in [0.05, 0.1) is 6.61 Å². The molecular formula is C10H20N2O. The lowest BCUT2D eigenvalue weighted by atomic mass is 9.93. The number of nitrogens with two attached hydrogens (primary N) is 1. The molecule has 2 N–H and O–H groups in total. The molecule has 0 radical (unpaired) electrons. The highest BCUT2D eigenvalue weighted by molar-refractivity contribution is 4.95. The van der Waals surface area contributed by atoms with Crippen molar-refractivity contribution in [2.45, 2.75) is 18.9 Å². The topological polar surface area (TPSA) is 38.5 Å². The summed E-state index contributed by atoms with van der Waals surface area (Å²) in [6.07, 6.45) is 2.69. The van der Waals surface area contributed by atoms with Crippen LogP contribution in [0.25, 0.3) is 0 Å². The van der Waals surface area contributed by atoms with Gasteiger partial charge in [-0.25, -0.2) is 0 Å². The Morgan fingerprint density at radius 2 is 1.92 bits per heavy atom. The molecular weight excluding hydrogens is 164 g/mol. The monoisotopic (exact) mass is 184 g/mol. The van der Waals surface area contributed by atoms with E-state index in [9.17, 15) is 0 Å². The van der Waals surface area contributed by atoms with E-state index in [4.69, 9.17) is 10.5 Å². The van der Waals surface area contributed by atoms with Crippen LogP contribution in [0.4, 0.5) is 0 Å². The summed E-state index contributed by atoms with van der Waals surface area (Å²) in [6, 6.07) is 0.485. The van der Waals surface area contributed by atoms with Gasteiger partial charge in [0.15, 0.2) is 0 Å². The van der Waals surface area contributed by atoms with Crippen molar-refractivity contribution < 1.29 is 4.74 Å². The first-order chi connectivity index (χ1) is 6.31. The molecule has 0 spiro atoms. The Hall–Kier alpha value is -0.120. The van der Waals surface area contributed by atoms with Crippen LogP contribution in [-0.4, -0.2) is 44.3 Å². The summed E-state index contributed by atoms with van der Waals surface area (Å²) in [5.74, 6) is 1.52. The second-order valence-electron chi connectivity index (χ2n) is 4.43. The molecule has 2 bridgehead atoms. The third-order valence-electron chi connectivity index (χ3n) is 3.59. The summed E-state index contributed by atoms with van der Waals surface area (Å²) in [6.45, 7) is 4.33. The molecule has 0 amide bonds. The molecule has 1 saturated carbocycles. The zero-order valence-electron chi connectivity index (χ0n) is 8.41. The van der Waals surface area contributed by atoms with E-state index in [1.807, 2.05) is 0 Å². The molecule has 0 aromatic rings. The number of fused-ring (bicyclic) bond motifs is 2. The average molecular weight is 184 g/mol. The maximum atomic E-state index is 6.12. The van der Waals surface area contributed by atoms with Crippen molar-refractivity contribution in [1.29, 1.82) is 0 Å². The maximum absolute atomic E-state index is 6.12. The molecule has 3 heteroatoms. The van der Waals surface area contributed by atoms with E-state index in [0.29, 0.717) is 6.04 Å². The first-order valence-corrected chi connectivity index (χ1v) is 5.28. The third kappa shape index (κ3) is 1.87. The Morgan fingerprint density at radius 3 is 2.46 bits per heavy atom. The molecule has 1 heterocycles. The van der Waals surface area contributed by atoms with Crippen LogP contribution in [0.2, 0.25) is 0 Å². The fraction of sp³-hybridized carbons (Fsp3) is 1.00. The van der Waals surface area contributed by atoms with Gasteiger partial charge in [-0.1, -0.05) is 0 Å². The van der Waals surface area contributed by atoms with E-state index in [1.54, 1.807) is 7.11 Å². The van der Waals surface area contributed by atoms with E-state index in [0.717, 1.165) is 25.0 Å². The molecule has 1 saturated heterocycles. The van der Waals surface area contributed by atoms with Crippen LogP contribution in [0.3, 0.4) is 0 Å². The molecule has 2 rings (SSSR count). The lowest BCUT2D eigenvalue weighted by molar-refractivity contribution is 0.101. The van der Waals surface area contributed by atoms with Gasteiger partial charge in [0.25, 0.3) is 0 Å². The third-order valence-corrected chi connectivity index (χ3v) is 3.59. The Bertz CT molecular complexity index is 160. The maximum Gasteiger partial charge on any atom is 0.0589 e. The molecule has 13 heavy (non-hydrogen) atoms. The van der Waals surface area contributed by atoms with Crippen molar-refractivity contribution in [3.8, 4) is 0 Å². The number of piperidine rings is 1. The Balaban J connectivity index is 1.84. The summed E-state index contributed by atoms with van der Waals surface area (Å²) in [5, 5.41) is 0. The van der Waals surface area contributed by atoms with E-state index in [2.05, 4.69) is 4.90 Å². The van der Waals surface area contributed by atoms with Crippen molar-refractivity contribution in [3.05, 3.63) is 0 Å². The van der Waals surface area contributed by atoms with Crippen molar-refractivity contribution >= 4 is 0 Å². The van der Waals surface area contributed by atoms with Crippen molar-refractivity contribution in [3.63, 3.8) is 0 Å². The van der Waals surface area contributed by atoms with E-state index in [1.165, 1.54) is 25.9 Å². The second-order valence-corrected chi connectivity index (χ2v) is 4.43. The SMILES string of the molecule is COCCN1CC2CCC(C1)C2N. The number of hydrogen-bond donors (Lipinski definition) is 1. The fourth-order valence-corrected chi connectivity index (χ4v) is 2.76. The average Bonchev–Trinajstić information content (AvgIpc) is 2.41. The van der Waals surface area contributed by atoms with Gasteiger partial charge in [-0.2, -0.15) is 0 Å². The van der Waals surface area contributed by atoms with Crippen LogP contribution in [0.15, 0.2) is 0 Å². The van der Waals surface area contributed by atoms with Gasteiger partial charge < -0.3 is 15.4 Å². The number of likely N-dealkylation sites (tertiary alicyclic amines) is 1. The summed E-state index contributed by atoms with van der Waals surface area (Å²) >= 11 is 0. The lowest BCUT2D eigenvalue weighted by Crippen LogP contribution is -2.49. The van der Waals surface area contributed by atoms with E-state index >= 15 is 0 Å². The van der Waals surface area contributed by atoms with Gasteiger partial charge in [0.2, 0.25) is 0 Å². The van der Waals surface area contributed by atoms with Crippen molar-refractivity contribution in [1.82, 2.24) is 4.90 Å². The highest BCUT2D eigenvalue weighted by Crippen LogP contribution is 2.35. The molecule has 2 unspecified atom stereocenters. The van der Waals surface area contributed by atoms with E-state index < -0.39 is 0 Å². The smallest absolute Gasteiger partial charge is 0.0589 e. The van der Waals surface area contributed by atoms with Crippen LogP contribution < -0.4 is 5.73 Å². The number of methoxy groups -OCH3 is 1. The van der Waals surface area contributed by atoms with Gasteiger partial charge in [-0.15, -0.1) is 0 Å². The highest BCUT2D eigenvalue weighted by atomic mass is 16.5. The molecule has 0 aromatic carbocycles. The van der Waals surface area contributed by atoms with Gasteiger partial charge in [-0.05, 0) is 24.7 Å². The quantitative estimate of drug-likeness (QED) is 0.685. The summed E-state index contributed by atoms with van der Waals surface area (Å²) in [5.41, 5.74) is 6.12. The standard InChI is InChI=1S/C10H20N2O/c1-13-5-4-12-6-8-2-3-9(7-12)10(8)11/h8-10H,2-7,11H2,1H3. The summed E-state index contributed by atoms with van der Waals surface area (Å²) in [4.78, 5) is 2.51. The molecule has 2 aliphatic rings. The first-order valence-electron chi connectivity index (χ1n) is 5.28. The number of ether oxygens (including phenoxy) is 1. The molecule has 3 nitrogen and oxygen atoms in total. The van der Waals surface area contributed by atoms with Gasteiger partial charge in [0, 0.05) is 32.8 Å². The Labute approximate surface area is 80.2 Å². The number of rotatable bonds is 3. The summed E-state index contributed by atoms with van der Waals surface area (Å²) < 4.78 is 5.09. The minimum Gasteiger partial charge on any atom is -0.383 e. The lowest BCUT2D eigenvalue weighted by Gasteiger charge is -2.35. The minimum absolute atomic E-state index is 0.485. The van der Waals surface area contributed by atoms with Gasteiger partial charge >= 0.3 is 0 Å². The zero-order valence-corrected chi connectivity index (χ0v) is 8.41. The largest absolute Gasteiger partial charge is 0.383 e. The van der Waals surface area contributed by atoms with Crippen molar-refractivity contribution in [2.24, 2.45) is 17.6 Å². The zero-order chi connectivity index (χ0) is 9.26. The molecule has 1 aliphatic carbocycles. The Morgan fingerprint density at radius 1 is 1.31 bits per heavy atom. The Kier molecular flexibility index (Phi) is 2.86. The minimum atomic E-state index is 0.485. The van der Waals surface area contributed by atoms with Gasteiger partial charge in [0.1, 0.15) is 0 Å². The molecule has 1 aliphatic heterocycles. The predicted octanol–water partition coefficient (Wildman–Crippen LogP) is 0.302. The first kappa shape index (κ1) is 9.44. The number of nitrogens with zero attached hydrogens (tertiary/aromatic N) is 1. The van der Waals surface area contributed by atoms with Crippen LogP contribution >= 0.6 is 0 Å². The van der Waals surface area contributed by atoms with Gasteiger partial charge in [-0.3, -0.25) is 0 Å². The summed E-state index contributed by atoms with van der Waals surface area (Å²) in [7, 11) is 1.77. The van der Waals surface area contributed by atoms with Crippen LogP contribution in [0.5, 0.6) is 0 Å². The molecule has 2 atom stereocenters.